The maximum Gasteiger partial charge on any atom is 0.251 e. The number of hydrogen-bond acceptors (Lipinski definition) is 4. The molecule has 3 heterocycles. The lowest BCUT2D eigenvalue weighted by atomic mass is 10.0. The summed E-state index contributed by atoms with van der Waals surface area (Å²) in [6, 6.07) is 10.7. The van der Waals surface area contributed by atoms with E-state index in [2.05, 4.69) is 44.0 Å². The Bertz CT molecular complexity index is 777. The van der Waals surface area contributed by atoms with E-state index in [-0.39, 0.29) is 5.56 Å². The minimum Gasteiger partial charge on any atom is -0.372 e. The zero-order chi connectivity index (χ0) is 17.2. The van der Waals surface area contributed by atoms with Crippen LogP contribution in [0.15, 0.2) is 35.1 Å². The fraction of sp³-hybridized carbons (Fsp3) is 0.500. The van der Waals surface area contributed by atoms with Gasteiger partial charge in [0, 0.05) is 43.9 Å². The zero-order valence-corrected chi connectivity index (χ0v) is 14.9. The van der Waals surface area contributed by atoms with E-state index in [9.17, 15) is 4.79 Å². The summed E-state index contributed by atoms with van der Waals surface area (Å²) in [4.78, 5) is 23.9. The molecule has 0 radical (unpaired) electrons. The fourth-order valence-corrected chi connectivity index (χ4v) is 4.08. The molecule has 0 bridgehead atoms. The molecule has 1 atom stereocenters. The molecule has 2 aliphatic rings. The molecule has 5 nitrogen and oxygen atoms in total. The number of hydrogen-bond donors (Lipinski definition) is 1. The highest BCUT2D eigenvalue weighted by molar-refractivity contribution is 5.48. The van der Waals surface area contributed by atoms with Crippen LogP contribution in [0.5, 0.6) is 0 Å². The van der Waals surface area contributed by atoms with Gasteiger partial charge in [-0.05, 0) is 50.4 Å². The second kappa shape index (κ2) is 7.00. The van der Waals surface area contributed by atoms with Gasteiger partial charge in [-0.3, -0.25) is 9.69 Å². The summed E-state index contributed by atoms with van der Waals surface area (Å²) in [5, 5.41) is 0. The second-order valence-corrected chi connectivity index (χ2v) is 7.34. The van der Waals surface area contributed by atoms with E-state index >= 15 is 0 Å². The van der Waals surface area contributed by atoms with Crippen molar-refractivity contribution in [2.45, 2.75) is 38.6 Å². The minimum absolute atomic E-state index is 0.0431. The van der Waals surface area contributed by atoms with Crippen molar-refractivity contribution in [1.29, 1.82) is 0 Å². The van der Waals surface area contributed by atoms with Gasteiger partial charge in [-0.25, -0.2) is 4.98 Å². The maximum atomic E-state index is 11.7. The highest BCUT2D eigenvalue weighted by atomic mass is 16.1. The first kappa shape index (κ1) is 16.3. The van der Waals surface area contributed by atoms with Gasteiger partial charge in [0.2, 0.25) is 0 Å². The standard InChI is InChI=1S/C20H26N4O/c1-15-21-19(12-20(25)22-15)17-8-11-23(14-17)13-16-4-6-18(7-5-16)24-9-2-3-10-24/h4-7,12,17H,2-3,8-11,13-14H2,1H3,(H,21,22,25). The molecule has 1 aromatic carbocycles. The molecule has 2 aromatic rings. The van der Waals surface area contributed by atoms with Gasteiger partial charge in [0.15, 0.2) is 0 Å². The number of aromatic nitrogens is 2. The van der Waals surface area contributed by atoms with Crippen molar-refractivity contribution >= 4 is 5.69 Å². The van der Waals surface area contributed by atoms with E-state index in [4.69, 9.17) is 0 Å². The van der Waals surface area contributed by atoms with Crippen LogP contribution in [0.25, 0.3) is 0 Å². The lowest BCUT2D eigenvalue weighted by molar-refractivity contribution is 0.326. The molecule has 0 aliphatic carbocycles. The Hall–Kier alpha value is -2.14. The first-order valence-corrected chi connectivity index (χ1v) is 9.31. The van der Waals surface area contributed by atoms with Gasteiger partial charge in [0.25, 0.3) is 5.56 Å². The second-order valence-electron chi connectivity index (χ2n) is 7.34. The van der Waals surface area contributed by atoms with Gasteiger partial charge in [-0.15, -0.1) is 0 Å². The first-order chi connectivity index (χ1) is 12.2. The van der Waals surface area contributed by atoms with Crippen molar-refractivity contribution in [3.63, 3.8) is 0 Å². The van der Waals surface area contributed by atoms with Gasteiger partial charge < -0.3 is 9.88 Å². The summed E-state index contributed by atoms with van der Waals surface area (Å²) >= 11 is 0. The molecule has 2 saturated heterocycles. The largest absolute Gasteiger partial charge is 0.372 e. The Morgan fingerprint density at radius 3 is 2.64 bits per heavy atom. The molecular formula is C20H26N4O. The van der Waals surface area contributed by atoms with E-state index in [1.165, 1.54) is 37.2 Å². The molecule has 1 N–H and O–H groups in total. The smallest absolute Gasteiger partial charge is 0.251 e. The lowest BCUT2D eigenvalue weighted by Crippen LogP contribution is -2.21. The molecule has 0 spiro atoms. The van der Waals surface area contributed by atoms with E-state index in [0.29, 0.717) is 11.7 Å². The van der Waals surface area contributed by atoms with Gasteiger partial charge >= 0.3 is 0 Å². The molecule has 4 rings (SSSR count). The van der Waals surface area contributed by atoms with Crippen LogP contribution in [0.4, 0.5) is 5.69 Å². The Morgan fingerprint density at radius 1 is 1.16 bits per heavy atom. The number of anilines is 1. The van der Waals surface area contributed by atoms with Crippen LogP contribution in [0, 0.1) is 6.92 Å². The van der Waals surface area contributed by atoms with E-state index < -0.39 is 0 Å². The van der Waals surface area contributed by atoms with E-state index in [0.717, 1.165) is 31.7 Å². The van der Waals surface area contributed by atoms with Crippen molar-refractivity contribution in [1.82, 2.24) is 14.9 Å². The summed E-state index contributed by atoms with van der Waals surface area (Å²) in [5.74, 6) is 1.07. The summed E-state index contributed by atoms with van der Waals surface area (Å²) in [6.45, 7) is 7.24. The fourth-order valence-electron chi connectivity index (χ4n) is 4.08. The summed E-state index contributed by atoms with van der Waals surface area (Å²) in [6.07, 6.45) is 3.70. The van der Waals surface area contributed by atoms with Crippen LogP contribution >= 0.6 is 0 Å². The average Bonchev–Trinajstić information content (AvgIpc) is 3.26. The number of rotatable bonds is 4. The Morgan fingerprint density at radius 2 is 1.92 bits per heavy atom. The molecule has 132 valence electrons. The highest BCUT2D eigenvalue weighted by Crippen LogP contribution is 2.27. The van der Waals surface area contributed by atoms with Crippen molar-refractivity contribution < 1.29 is 0 Å². The van der Waals surface area contributed by atoms with Gasteiger partial charge in [0.1, 0.15) is 5.82 Å². The molecule has 1 unspecified atom stereocenters. The van der Waals surface area contributed by atoms with Crippen LogP contribution in [-0.4, -0.2) is 41.0 Å². The maximum absolute atomic E-state index is 11.7. The van der Waals surface area contributed by atoms with Crippen molar-refractivity contribution in [3.8, 4) is 0 Å². The Balaban J connectivity index is 1.38. The molecule has 25 heavy (non-hydrogen) atoms. The zero-order valence-electron chi connectivity index (χ0n) is 14.9. The van der Waals surface area contributed by atoms with Gasteiger partial charge in [-0.2, -0.15) is 0 Å². The van der Waals surface area contributed by atoms with E-state index in [1.807, 2.05) is 6.92 Å². The molecule has 2 aliphatic heterocycles. The van der Waals surface area contributed by atoms with Crippen molar-refractivity contribution in [2.75, 3.05) is 31.1 Å². The SMILES string of the molecule is Cc1nc(C2CCN(Cc3ccc(N4CCCC4)cc3)C2)cc(=O)[nH]1. The van der Waals surface area contributed by atoms with Gasteiger partial charge in [0.05, 0.1) is 5.69 Å². The van der Waals surface area contributed by atoms with Crippen molar-refractivity contribution in [2.24, 2.45) is 0 Å². The highest BCUT2D eigenvalue weighted by Gasteiger charge is 2.25. The third-order valence-corrected chi connectivity index (χ3v) is 5.38. The number of aryl methyl sites for hydroxylation is 1. The average molecular weight is 338 g/mol. The topological polar surface area (TPSA) is 52.2 Å². The summed E-state index contributed by atoms with van der Waals surface area (Å²) in [5.41, 5.74) is 3.61. The Labute approximate surface area is 148 Å². The number of nitrogens with zero attached hydrogens (tertiary/aromatic N) is 3. The first-order valence-electron chi connectivity index (χ1n) is 9.31. The molecule has 1 aromatic heterocycles. The van der Waals surface area contributed by atoms with Gasteiger partial charge in [-0.1, -0.05) is 12.1 Å². The van der Waals surface area contributed by atoms with Crippen LogP contribution in [0.1, 0.15) is 42.3 Å². The molecule has 2 fully saturated rings. The number of aromatic amines is 1. The van der Waals surface area contributed by atoms with Crippen LogP contribution in [-0.2, 0) is 6.54 Å². The monoisotopic (exact) mass is 338 g/mol. The predicted octanol–water partition coefficient (Wildman–Crippen LogP) is 2.67. The number of benzene rings is 1. The summed E-state index contributed by atoms with van der Waals surface area (Å²) in [7, 11) is 0. The van der Waals surface area contributed by atoms with Crippen LogP contribution in [0.3, 0.4) is 0 Å². The molecular weight excluding hydrogens is 312 g/mol. The molecule has 0 amide bonds. The number of likely N-dealkylation sites (tertiary alicyclic amines) is 1. The minimum atomic E-state index is -0.0431. The van der Waals surface area contributed by atoms with Crippen molar-refractivity contribution in [3.05, 3.63) is 57.8 Å². The molecule has 0 saturated carbocycles. The number of H-pyrrole nitrogens is 1. The van der Waals surface area contributed by atoms with Crippen LogP contribution < -0.4 is 10.5 Å². The predicted molar refractivity (Wildman–Crippen MR) is 100 cm³/mol. The summed E-state index contributed by atoms with van der Waals surface area (Å²) < 4.78 is 0. The van der Waals surface area contributed by atoms with E-state index in [1.54, 1.807) is 6.07 Å². The normalized spacial score (nSPS) is 21.2. The lowest BCUT2D eigenvalue weighted by Gasteiger charge is -2.19. The third kappa shape index (κ3) is 3.76. The van der Waals surface area contributed by atoms with Crippen LogP contribution in [0.2, 0.25) is 0 Å². The Kier molecular flexibility index (Phi) is 4.57. The third-order valence-electron chi connectivity index (χ3n) is 5.38. The molecule has 5 heteroatoms. The number of nitrogens with one attached hydrogen (secondary N) is 1. The quantitative estimate of drug-likeness (QED) is 0.931.